The summed E-state index contributed by atoms with van der Waals surface area (Å²) in [5, 5.41) is 8.70. The number of pyridine rings is 1. The van der Waals surface area contributed by atoms with Crippen LogP contribution in [0.4, 0.5) is 5.82 Å². The fraction of sp³-hybridized carbons (Fsp3) is 0.364. The van der Waals surface area contributed by atoms with Crippen LogP contribution in [0.1, 0.15) is 23.7 Å². The summed E-state index contributed by atoms with van der Waals surface area (Å²) in [6, 6.07) is 4.95. The first-order valence-electron chi connectivity index (χ1n) is 5.17. The van der Waals surface area contributed by atoms with Crippen molar-refractivity contribution in [3.8, 4) is 6.07 Å². The maximum absolute atomic E-state index is 12.1. The van der Waals surface area contributed by atoms with Gasteiger partial charge >= 0.3 is 0 Å². The van der Waals surface area contributed by atoms with Gasteiger partial charge in [0.25, 0.3) is 5.91 Å². The number of aromatic nitrogens is 1. The minimum absolute atomic E-state index is 0.185. The molecule has 0 atom stereocenters. The molecule has 6 heteroatoms. The van der Waals surface area contributed by atoms with Crippen LogP contribution >= 0.6 is 11.6 Å². The number of hydrogen-bond acceptors (Lipinski definition) is 4. The van der Waals surface area contributed by atoms with E-state index in [1.54, 1.807) is 4.90 Å². The van der Waals surface area contributed by atoms with Crippen molar-refractivity contribution in [3.63, 3.8) is 0 Å². The Labute approximate surface area is 105 Å². The summed E-state index contributed by atoms with van der Waals surface area (Å²) >= 11 is 5.73. The summed E-state index contributed by atoms with van der Waals surface area (Å²) in [6.45, 7) is 2.77. The average molecular weight is 253 g/mol. The van der Waals surface area contributed by atoms with Crippen LogP contribution in [0, 0.1) is 11.3 Å². The average Bonchev–Trinajstić information content (AvgIpc) is 2.28. The number of carbonyl (C=O) groups excluding carboxylic acids is 1. The van der Waals surface area contributed by atoms with Crippen molar-refractivity contribution in [1.29, 1.82) is 5.26 Å². The van der Waals surface area contributed by atoms with Gasteiger partial charge in [-0.25, -0.2) is 4.98 Å². The van der Waals surface area contributed by atoms with Crippen LogP contribution in [0.2, 0.25) is 5.15 Å². The van der Waals surface area contributed by atoms with Gasteiger partial charge in [-0.3, -0.25) is 4.79 Å². The molecule has 0 aliphatic carbocycles. The van der Waals surface area contributed by atoms with E-state index in [9.17, 15) is 4.79 Å². The summed E-state index contributed by atoms with van der Waals surface area (Å²) < 4.78 is 0. The Hall–Kier alpha value is -1.80. The van der Waals surface area contributed by atoms with Crippen LogP contribution in [-0.4, -0.2) is 28.9 Å². The van der Waals surface area contributed by atoms with Gasteiger partial charge in [-0.2, -0.15) is 5.26 Å². The lowest BCUT2D eigenvalue weighted by Crippen LogP contribution is -2.31. The van der Waals surface area contributed by atoms with Gasteiger partial charge in [-0.05, 0) is 19.1 Å². The molecular formula is C11H13ClN4O. The lowest BCUT2D eigenvalue weighted by molar-refractivity contribution is 0.0767. The normalized spacial score (nSPS) is 9.71. The number of halogens is 1. The Morgan fingerprint density at radius 1 is 1.65 bits per heavy atom. The Morgan fingerprint density at radius 3 is 2.88 bits per heavy atom. The van der Waals surface area contributed by atoms with E-state index < -0.39 is 0 Å². The molecule has 1 heterocycles. The zero-order chi connectivity index (χ0) is 12.8. The topological polar surface area (TPSA) is 83.0 Å². The zero-order valence-electron chi connectivity index (χ0n) is 9.48. The molecular weight excluding hydrogens is 240 g/mol. The molecule has 1 rings (SSSR count). The van der Waals surface area contributed by atoms with E-state index in [0.717, 1.165) is 0 Å². The number of anilines is 1. The first-order chi connectivity index (χ1) is 8.08. The second-order valence-electron chi connectivity index (χ2n) is 3.40. The summed E-state index contributed by atoms with van der Waals surface area (Å²) in [7, 11) is 0. The van der Waals surface area contributed by atoms with Gasteiger partial charge in [0.1, 0.15) is 11.0 Å². The summed E-state index contributed by atoms with van der Waals surface area (Å²) in [5.74, 6) is 0.0101. The largest absolute Gasteiger partial charge is 0.384 e. The van der Waals surface area contributed by atoms with Gasteiger partial charge in [0.2, 0.25) is 0 Å². The van der Waals surface area contributed by atoms with Crippen molar-refractivity contribution in [2.24, 2.45) is 0 Å². The highest BCUT2D eigenvalue weighted by Crippen LogP contribution is 2.14. The first-order valence-corrected chi connectivity index (χ1v) is 5.55. The molecule has 0 aliphatic heterocycles. The van der Waals surface area contributed by atoms with Crippen LogP contribution in [0.15, 0.2) is 12.1 Å². The predicted octanol–water partition coefficient (Wildman–Crippen LogP) is 1.69. The number of rotatable bonds is 4. The fourth-order valence-corrected chi connectivity index (χ4v) is 1.63. The zero-order valence-corrected chi connectivity index (χ0v) is 10.2. The second-order valence-corrected chi connectivity index (χ2v) is 3.78. The number of hydrogen-bond donors (Lipinski definition) is 1. The molecule has 0 saturated heterocycles. The third-order valence-electron chi connectivity index (χ3n) is 2.22. The van der Waals surface area contributed by atoms with E-state index in [-0.39, 0.29) is 16.9 Å². The standard InChI is InChI=1S/C11H13ClN4O/c1-2-16(5-3-4-13)11(17)8-6-9(12)15-10(14)7-8/h6-7H,2-3,5H2,1H3,(H2,14,15). The SMILES string of the molecule is CCN(CCC#N)C(=O)c1cc(N)nc(Cl)c1. The number of nitrogens with two attached hydrogens (primary N) is 1. The minimum Gasteiger partial charge on any atom is -0.384 e. The summed E-state index contributed by atoms with van der Waals surface area (Å²) in [5.41, 5.74) is 5.91. The van der Waals surface area contributed by atoms with E-state index in [1.807, 2.05) is 13.0 Å². The summed E-state index contributed by atoms with van der Waals surface area (Å²) in [4.78, 5) is 17.4. The van der Waals surface area contributed by atoms with Gasteiger partial charge in [0, 0.05) is 18.7 Å². The Balaban J connectivity index is 2.90. The van der Waals surface area contributed by atoms with Crippen LogP contribution < -0.4 is 5.73 Å². The molecule has 5 nitrogen and oxygen atoms in total. The van der Waals surface area contributed by atoms with Crippen molar-refractivity contribution >= 4 is 23.3 Å². The lowest BCUT2D eigenvalue weighted by atomic mass is 10.2. The van der Waals surface area contributed by atoms with Gasteiger partial charge in [-0.15, -0.1) is 0 Å². The smallest absolute Gasteiger partial charge is 0.254 e. The van der Waals surface area contributed by atoms with E-state index in [2.05, 4.69) is 4.98 Å². The molecule has 90 valence electrons. The van der Waals surface area contributed by atoms with Crippen LogP contribution in [-0.2, 0) is 0 Å². The van der Waals surface area contributed by atoms with E-state index in [0.29, 0.717) is 25.1 Å². The van der Waals surface area contributed by atoms with Crippen molar-refractivity contribution in [2.75, 3.05) is 18.8 Å². The Kier molecular flexibility index (Phi) is 4.73. The molecule has 0 radical (unpaired) electrons. The molecule has 0 fully saturated rings. The maximum atomic E-state index is 12.1. The van der Waals surface area contributed by atoms with Crippen molar-refractivity contribution in [2.45, 2.75) is 13.3 Å². The molecule has 0 aromatic carbocycles. The minimum atomic E-state index is -0.196. The third kappa shape index (κ3) is 3.61. The Morgan fingerprint density at radius 2 is 2.35 bits per heavy atom. The molecule has 2 N–H and O–H groups in total. The molecule has 0 spiro atoms. The van der Waals surface area contributed by atoms with Crippen LogP contribution in [0.5, 0.6) is 0 Å². The monoisotopic (exact) mass is 252 g/mol. The number of nitrogens with zero attached hydrogens (tertiary/aromatic N) is 3. The van der Waals surface area contributed by atoms with E-state index in [4.69, 9.17) is 22.6 Å². The van der Waals surface area contributed by atoms with Crippen molar-refractivity contribution < 1.29 is 4.79 Å². The molecule has 0 unspecified atom stereocenters. The highest BCUT2D eigenvalue weighted by molar-refractivity contribution is 6.29. The van der Waals surface area contributed by atoms with Crippen molar-refractivity contribution in [1.82, 2.24) is 9.88 Å². The number of nitrogen functional groups attached to an aromatic ring is 1. The molecule has 0 aliphatic rings. The maximum Gasteiger partial charge on any atom is 0.254 e. The molecule has 1 aromatic rings. The fourth-order valence-electron chi connectivity index (χ4n) is 1.41. The highest BCUT2D eigenvalue weighted by atomic mass is 35.5. The Bertz CT molecular complexity index is 435. The summed E-state index contributed by atoms with van der Waals surface area (Å²) in [6.07, 6.45) is 0.299. The molecule has 0 saturated carbocycles. The highest BCUT2D eigenvalue weighted by Gasteiger charge is 2.15. The molecule has 1 amide bonds. The number of carbonyl (C=O) groups is 1. The molecule has 1 aromatic heterocycles. The van der Waals surface area contributed by atoms with Gasteiger partial charge < -0.3 is 10.6 Å². The number of amides is 1. The van der Waals surface area contributed by atoms with E-state index >= 15 is 0 Å². The number of nitriles is 1. The first kappa shape index (κ1) is 13.3. The van der Waals surface area contributed by atoms with Crippen molar-refractivity contribution in [3.05, 3.63) is 22.8 Å². The molecule has 17 heavy (non-hydrogen) atoms. The second kappa shape index (κ2) is 6.06. The molecule has 0 bridgehead atoms. The lowest BCUT2D eigenvalue weighted by Gasteiger charge is -2.19. The van der Waals surface area contributed by atoms with Gasteiger partial charge in [-0.1, -0.05) is 11.6 Å². The quantitative estimate of drug-likeness (QED) is 0.827. The van der Waals surface area contributed by atoms with E-state index in [1.165, 1.54) is 12.1 Å². The third-order valence-corrected chi connectivity index (χ3v) is 2.42. The van der Waals surface area contributed by atoms with Crippen LogP contribution in [0.25, 0.3) is 0 Å². The van der Waals surface area contributed by atoms with Gasteiger partial charge in [0.05, 0.1) is 12.5 Å². The van der Waals surface area contributed by atoms with Gasteiger partial charge in [0.15, 0.2) is 0 Å². The van der Waals surface area contributed by atoms with Crippen LogP contribution in [0.3, 0.4) is 0 Å². The predicted molar refractivity (Wildman–Crippen MR) is 65.5 cm³/mol.